The van der Waals surface area contributed by atoms with E-state index in [2.05, 4.69) is 10.3 Å². The summed E-state index contributed by atoms with van der Waals surface area (Å²) in [7, 11) is -3.86. The minimum atomic E-state index is -3.86. The summed E-state index contributed by atoms with van der Waals surface area (Å²) >= 11 is 5.91. The van der Waals surface area contributed by atoms with Gasteiger partial charge in [-0.25, -0.2) is 13.2 Å². The molecule has 160 valence electrons. The van der Waals surface area contributed by atoms with Crippen molar-refractivity contribution in [2.45, 2.75) is 24.0 Å². The number of para-hydroxylation sites is 1. The Morgan fingerprint density at radius 1 is 1.10 bits per heavy atom. The molecule has 31 heavy (non-hydrogen) atoms. The van der Waals surface area contributed by atoms with Crippen LogP contribution in [0.5, 0.6) is 0 Å². The lowest BCUT2D eigenvalue weighted by molar-refractivity contribution is 0.0997. The van der Waals surface area contributed by atoms with Crippen LogP contribution in [0, 0.1) is 0 Å². The maximum absolute atomic E-state index is 13.3. The van der Waals surface area contributed by atoms with E-state index >= 15 is 0 Å². The molecule has 1 N–H and O–H groups in total. The number of carbonyl (C=O) groups is 1. The van der Waals surface area contributed by atoms with Gasteiger partial charge in [0.1, 0.15) is 6.10 Å². The van der Waals surface area contributed by atoms with Gasteiger partial charge in [-0.15, -0.1) is 0 Å². The number of sulfonamides is 1. The number of rotatable bonds is 5. The van der Waals surface area contributed by atoms with Gasteiger partial charge in [0.2, 0.25) is 0 Å². The van der Waals surface area contributed by atoms with Gasteiger partial charge in [-0.3, -0.25) is 9.29 Å². The molecular weight excluding hydrogens is 438 g/mol. The summed E-state index contributed by atoms with van der Waals surface area (Å²) in [4.78, 5) is 16.4. The SMILES string of the molecule is O=C(NCc1ccncc1)O[C@H]1Cc2ccccc2N(S(=O)(=O)c2ccc(Cl)cc2)C1. The van der Waals surface area contributed by atoms with Gasteiger partial charge < -0.3 is 10.1 Å². The molecule has 1 aliphatic heterocycles. The molecule has 0 spiro atoms. The largest absolute Gasteiger partial charge is 0.444 e. The van der Waals surface area contributed by atoms with Gasteiger partial charge in [-0.1, -0.05) is 29.8 Å². The van der Waals surface area contributed by atoms with Gasteiger partial charge in [0.15, 0.2) is 0 Å². The Bertz CT molecular complexity index is 1170. The second-order valence-corrected chi connectivity index (χ2v) is 9.36. The fourth-order valence-corrected chi connectivity index (χ4v) is 5.09. The topological polar surface area (TPSA) is 88.6 Å². The molecule has 0 bridgehead atoms. The van der Waals surface area contributed by atoms with Crippen LogP contribution >= 0.6 is 11.6 Å². The van der Waals surface area contributed by atoms with E-state index in [1.165, 1.54) is 28.6 Å². The molecule has 0 fully saturated rings. The summed E-state index contributed by atoms with van der Waals surface area (Å²) < 4.78 is 33.5. The lowest BCUT2D eigenvalue weighted by Crippen LogP contribution is -2.45. The number of anilines is 1. The molecule has 7 nitrogen and oxygen atoms in total. The predicted octanol–water partition coefficient (Wildman–Crippen LogP) is 3.78. The van der Waals surface area contributed by atoms with E-state index in [0.717, 1.165) is 11.1 Å². The number of halogens is 1. The Kier molecular flexibility index (Phi) is 6.11. The lowest BCUT2D eigenvalue weighted by Gasteiger charge is -2.34. The first-order valence-corrected chi connectivity index (χ1v) is 11.4. The molecule has 3 aromatic rings. The second kappa shape index (κ2) is 8.95. The molecular formula is C22H20ClN3O4S. The van der Waals surface area contributed by atoms with Crippen LogP contribution in [-0.2, 0) is 27.7 Å². The first kappa shape index (κ1) is 21.1. The highest BCUT2D eigenvalue weighted by atomic mass is 35.5. The van der Waals surface area contributed by atoms with Crippen LogP contribution in [0.4, 0.5) is 10.5 Å². The number of hydrogen-bond acceptors (Lipinski definition) is 5. The first-order valence-electron chi connectivity index (χ1n) is 9.63. The summed E-state index contributed by atoms with van der Waals surface area (Å²) in [6.07, 6.45) is 2.46. The molecule has 0 saturated heterocycles. The summed E-state index contributed by atoms with van der Waals surface area (Å²) in [5, 5.41) is 3.14. The van der Waals surface area contributed by atoms with Crippen molar-refractivity contribution in [3.8, 4) is 0 Å². The highest BCUT2D eigenvalue weighted by molar-refractivity contribution is 7.92. The molecule has 1 aliphatic rings. The van der Waals surface area contributed by atoms with Crippen molar-refractivity contribution in [3.63, 3.8) is 0 Å². The fourth-order valence-electron chi connectivity index (χ4n) is 3.43. The van der Waals surface area contributed by atoms with Crippen LogP contribution in [0.1, 0.15) is 11.1 Å². The third-order valence-corrected chi connectivity index (χ3v) is 6.98. The fraction of sp³-hybridized carbons (Fsp3) is 0.182. The Labute approximate surface area is 185 Å². The molecule has 0 aliphatic carbocycles. The van der Waals surface area contributed by atoms with E-state index < -0.39 is 22.2 Å². The zero-order valence-electron chi connectivity index (χ0n) is 16.4. The number of nitrogens with one attached hydrogen (secondary N) is 1. The quantitative estimate of drug-likeness (QED) is 0.629. The molecule has 1 atom stereocenters. The van der Waals surface area contributed by atoms with Gasteiger partial charge in [0.05, 0.1) is 17.1 Å². The van der Waals surface area contributed by atoms with Crippen LogP contribution < -0.4 is 9.62 Å². The van der Waals surface area contributed by atoms with Gasteiger partial charge in [-0.05, 0) is 53.6 Å². The average molecular weight is 458 g/mol. The number of ether oxygens (including phenoxy) is 1. The van der Waals surface area contributed by atoms with Crippen molar-refractivity contribution in [2.75, 3.05) is 10.8 Å². The summed E-state index contributed by atoms with van der Waals surface area (Å²) in [6, 6.07) is 16.8. The molecule has 9 heteroatoms. The number of nitrogens with zero attached hydrogens (tertiary/aromatic N) is 2. The summed E-state index contributed by atoms with van der Waals surface area (Å²) in [5.74, 6) is 0. The summed E-state index contributed by atoms with van der Waals surface area (Å²) in [6.45, 7) is 0.308. The molecule has 1 amide bonds. The van der Waals surface area contributed by atoms with E-state index in [1.54, 1.807) is 36.7 Å². The van der Waals surface area contributed by atoms with Crippen molar-refractivity contribution in [1.29, 1.82) is 0 Å². The van der Waals surface area contributed by atoms with Gasteiger partial charge in [-0.2, -0.15) is 0 Å². The maximum Gasteiger partial charge on any atom is 0.407 e. The number of benzene rings is 2. The predicted molar refractivity (Wildman–Crippen MR) is 117 cm³/mol. The van der Waals surface area contributed by atoms with E-state index in [1.807, 2.05) is 12.1 Å². The van der Waals surface area contributed by atoms with Crippen LogP contribution in [0.25, 0.3) is 0 Å². The smallest absolute Gasteiger partial charge is 0.407 e. The number of pyridine rings is 1. The molecule has 0 saturated carbocycles. The second-order valence-electron chi connectivity index (χ2n) is 7.06. The average Bonchev–Trinajstić information content (AvgIpc) is 2.78. The molecule has 2 aromatic carbocycles. The minimum absolute atomic E-state index is 0.0185. The Morgan fingerprint density at radius 2 is 1.81 bits per heavy atom. The van der Waals surface area contributed by atoms with Crippen LogP contribution in [0.15, 0.2) is 78.0 Å². The van der Waals surface area contributed by atoms with Gasteiger partial charge in [0, 0.05) is 30.4 Å². The molecule has 4 rings (SSSR count). The summed E-state index contributed by atoms with van der Waals surface area (Å²) in [5.41, 5.74) is 2.25. The van der Waals surface area contributed by atoms with E-state index in [-0.39, 0.29) is 18.0 Å². The normalized spacial score (nSPS) is 15.8. The number of hydrogen-bond donors (Lipinski definition) is 1. The minimum Gasteiger partial charge on any atom is -0.444 e. The molecule has 2 heterocycles. The van der Waals surface area contributed by atoms with E-state index in [0.29, 0.717) is 17.1 Å². The zero-order valence-corrected chi connectivity index (χ0v) is 18.0. The van der Waals surface area contributed by atoms with E-state index in [9.17, 15) is 13.2 Å². The number of carbonyl (C=O) groups excluding carboxylic acids is 1. The van der Waals surface area contributed by atoms with Crippen molar-refractivity contribution in [3.05, 3.63) is 89.2 Å². The van der Waals surface area contributed by atoms with Crippen molar-refractivity contribution in [2.24, 2.45) is 0 Å². The van der Waals surface area contributed by atoms with Gasteiger partial charge in [0.25, 0.3) is 10.0 Å². The number of fused-ring (bicyclic) bond motifs is 1. The van der Waals surface area contributed by atoms with Gasteiger partial charge >= 0.3 is 6.09 Å². The Hall–Kier alpha value is -3.10. The van der Waals surface area contributed by atoms with Crippen molar-refractivity contribution in [1.82, 2.24) is 10.3 Å². The molecule has 0 unspecified atom stereocenters. The van der Waals surface area contributed by atoms with Crippen LogP contribution in [0.3, 0.4) is 0 Å². The standard InChI is InChI=1S/C22H20ClN3O4S/c23-18-5-7-20(8-6-18)31(28,29)26-15-19(13-17-3-1-2-4-21(17)26)30-22(27)25-14-16-9-11-24-12-10-16/h1-12,19H,13-15H2,(H,25,27)/t19-/m0/s1. The lowest BCUT2D eigenvalue weighted by atomic mass is 10.0. The molecule has 1 aromatic heterocycles. The third-order valence-electron chi connectivity index (χ3n) is 4.94. The monoisotopic (exact) mass is 457 g/mol. The van der Waals surface area contributed by atoms with Crippen molar-refractivity contribution < 1.29 is 17.9 Å². The van der Waals surface area contributed by atoms with Crippen LogP contribution in [0.2, 0.25) is 5.02 Å². The number of aromatic nitrogens is 1. The Morgan fingerprint density at radius 3 is 2.55 bits per heavy atom. The highest BCUT2D eigenvalue weighted by Gasteiger charge is 2.34. The Balaban J connectivity index is 1.53. The number of alkyl carbamates (subject to hydrolysis) is 1. The zero-order chi connectivity index (χ0) is 21.8. The van der Waals surface area contributed by atoms with Crippen molar-refractivity contribution >= 4 is 33.4 Å². The molecule has 0 radical (unpaired) electrons. The highest BCUT2D eigenvalue weighted by Crippen LogP contribution is 2.33. The van der Waals surface area contributed by atoms with Crippen LogP contribution in [-0.4, -0.2) is 32.1 Å². The van der Waals surface area contributed by atoms with E-state index in [4.69, 9.17) is 16.3 Å². The third kappa shape index (κ3) is 4.81. The first-order chi connectivity index (χ1) is 14.9. The maximum atomic E-state index is 13.3. The number of amides is 1.